The molecule has 2 aromatic rings. The molecule has 0 saturated heterocycles. The lowest BCUT2D eigenvalue weighted by molar-refractivity contribution is 0.325. The summed E-state index contributed by atoms with van der Waals surface area (Å²) < 4.78 is 5.63. The van der Waals surface area contributed by atoms with Gasteiger partial charge in [0.25, 0.3) is 0 Å². The molecule has 0 aliphatic rings. The molecule has 1 aromatic heterocycles. The van der Waals surface area contributed by atoms with E-state index in [0.717, 1.165) is 23.8 Å². The molecule has 94 valence electrons. The van der Waals surface area contributed by atoms with Gasteiger partial charge in [0.05, 0.1) is 6.54 Å². The number of hydrogen-bond donors (Lipinski definition) is 1. The number of likely N-dealkylation sites (N-methyl/N-ethyl adjacent to an activating group) is 1. The summed E-state index contributed by atoms with van der Waals surface area (Å²) in [6, 6.07) is 13.3. The van der Waals surface area contributed by atoms with Crippen LogP contribution in [0.5, 0.6) is 5.75 Å². The van der Waals surface area contributed by atoms with Gasteiger partial charge in [-0.1, -0.05) is 6.07 Å². The highest BCUT2D eigenvalue weighted by Crippen LogP contribution is 2.13. The second-order valence-electron chi connectivity index (χ2n) is 4.03. The third-order valence-electron chi connectivity index (χ3n) is 2.62. The summed E-state index contributed by atoms with van der Waals surface area (Å²) >= 11 is 0. The minimum absolute atomic E-state index is 0.608. The SMILES string of the molecule is CN(CCOc1ccc(N)cc1)c1ccccn1. The third kappa shape index (κ3) is 3.38. The van der Waals surface area contributed by atoms with Crippen molar-refractivity contribution in [2.24, 2.45) is 0 Å². The number of hydrogen-bond acceptors (Lipinski definition) is 4. The van der Waals surface area contributed by atoms with E-state index in [2.05, 4.69) is 9.88 Å². The fourth-order valence-corrected chi connectivity index (χ4v) is 1.56. The van der Waals surface area contributed by atoms with E-state index < -0.39 is 0 Å². The van der Waals surface area contributed by atoms with Crippen LogP contribution in [0.4, 0.5) is 11.5 Å². The predicted octanol–water partition coefficient (Wildman–Crippen LogP) is 2.18. The summed E-state index contributed by atoms with van der Waals surface area (Å²) in [6.07, 6.45) is 1.78. The van der Waals surface area contributed by atoms with Crippen LogP contribution in [0.25, 0.3) is 0 Å². The van der Waals surface area contributed by atoms with E-state index in [1.807, 2.05) is 49.5 Å². The van der Waals surface area contributed by atoms with Crippen molar-refractivity contribution in [2.45, 2.75) is 0 Å². The van der Waals surface area contributed by atoms with Crippen molar-refractivity contribution >= 4 is 11.5 Å². The first-order valence-corrected chi connectivity index (χ1v) is 5.86. The third-order valence-corrected chi connectivity index (χ3v) is 2.62. The first-order chi connectivity index (χ1) is 8.75. The van der Waals surface area contributed by atoms with Crippen LogP contribution in [0.3, 0.4) is 0 Å². The first-order valence-electron chi connectivity index (χ1n) is 5.86. The molecule has 0 amide bonds. The Kier molecular flexibility index (Phi) is 4.02. The molecule has 2 N–H and O–H groups in total. The van der Waals surface area contributed by atoms with Gasteiger partial charge in [-0.3, -0.25) is 0 Å². The van der Waals surface area contributed by atoms with Crippen molar-refractivity contribution in [3.8, 4) is 5.75 Å². The van der Waals surface area contributed by atoms with Gasteiger partial charge in [0.15, 0.2) is 0 Å². The first kappa shape index (κ1) is 12.2. The van der Waals surface area contributed by atoms with E-state index in [0.29, 0.717) is 6.61 Å². The number of nitrogen functional groups attached to an aromatic ring is 1. The maximum Gasteiger partial charge on any atom is 0.128 e. The predicted molar refractivity (Wildman–Crippen MR) is 73.9 cm³/mol. The molecule has 18 heavy (non-hydrogen) atoms. The van der Waals surface area contributed by atoms with Gasteiger partial charge in [-0.2, -0.15) is 0 Å². The fourth-order valence-electron chi connectivity index (χ4n) is 1.56. The van der Waals surface area contributed by atoms with Crippen molar-refractivity contribution in [1.82, 2.24) is 4.98 Å². The van der Waals surface area contributed by atoms with Crippen LogP contribution in [-0.2, 0) is 0 Å². The molecule has 0 radical (unpaired) electrons. The highest BCUT2D eigenvalue weighted by atomic mass is 16.5. The molecule has 0 fully saturated rings. The van der Waals surface area contributed by atoms with Crippen molar-refractivity contribution in [2.75, 3.05) is 30.8 Å². The zero-order valence-corrected chi connectivity index (χ0v) is 10.4. The van der Waals surface area contributed by atoms with Crippen molar-refractivity contribution in [1.29, 1.82) is 0 Å². The Labute approximate surface area is 107 Å². The van der Waals surface area contributed by atoms with Crippen LogP contribution in [0.15, 0.2) is 48.7 Å². The van der Waals surface area contributed by atoms with Crippen molar-refractivity contribution in [3.05, 3.63) is 48.7 Å². The van der Waals surface area contributed by atoms with Crippen molar-refractivity contribution < 1.29 is 4.74 Å². The van der Waals surface area contributed by atoms with Crippen LogP contribution in [0, 0.1) is 0 Å². The quantitative estimate of drug-likeness (QED) is 0.818. The van der Waals surface area contributed by atoms with Gasteiger partial charge in [-0.05, 0) is 36.4 Å². The van der Waals surface area contributed by atoms with Crippen molar-refractivity contribution in [3.63, 3.8) is 0 Å². The number of nitrogens with two attached hydrogens (primary N) is 1. The zero-order chi connectivity index (χ0) is 12.8. The van der Waals surface area contributed by atoms with Crippen LogP contribution in [-0.4, -0.2) is 25.2 Å². The van der Waals surface area contributed by atoms with E-state index in [4.69, 9.17) is 10.5 Å². The van der Waals surface area contributed by atoms with E-state index >= 15 is 0 Å². The number of rotatable bonds is 5. The molecule has 0 aliphatic carbocycles. The summed E-state index contributed by atoms with van der Waals surface area (Å²) in [7, 11) is 1.99. The molecular formula is C14H17N3O. The molecule has 0 saturated carbocycles. The Morgan fingerprint density at radius 3 is 2.61 bits per heavy atom. The van der Waals surface area contributed by atoms with Crippen LogP contribution in [0.2, 0.25) is 0 Å². The van der Waals surface area contributed by atoms with E-state index in [1.54, 1.807) is 6.20 Å². The molecule has 1 heterocycles. The second kappa shape index (κ2) is 5.91. The molecule has 1 aromatic carbocycles. The molecule has 0 bridgehead atoms. The van der Waals surface area contributed by atoms with Gasteiger partial charge < -0.3 is 15.4 Å². The number of pyridine rings is 1. The van der Waals surface area contributed by atoms with Gasteiger partial charge in [-0.15, -0.1) is 0 Å². The highest BCUT2D eigenvalue weighted by Gasteiger charge is 2.01. The molecule has 0 unspecified atom stereocenters. The molecule has 0 atom stereocenters. The minimum Gasteiger partial charge on any atom is -0.492 e. The van der Waals surface area contributed by atoms with Crippen LogP contribution in [0.1, 0.15) is 0 Å². The molecule has 4 heteroatoms. The lowest BCUT2D eigenvalue weighted by atomic mass is 10.3. The van der Waals surface area contributed by atoms with Crippen LogP contribution < -0.4 is 15.4 Å². The summed E-state index contributed by atoms with van der Waals surface area (Å²) in [4.78, 5) is 6.32. The van der Waals surface area contributed by atoms with Gasteiger partial charge in [0, 0.05) is 18.9 Å². The van der Waals surface area contributed by atoms with E-state index in [9.17, 15) is 0 Å². The lowest BCUT2D eigenvalue weighted by Gasteiger charge is -2.18. The summed E-state index contributed by atoms with van der Waals surface area (Å²) in [5, 5.41) is 0. The Morgan fingerprint density at radius 2 is 1.94 bits per heavy atom. The smallest absolute Gasteiger partial charge is 0.128 e. The minimum atomic E-state index is 0.608. The van der Waals surface area contributed by atoms with Crippen LogP contribution >= 0.6 is 0 Å². The van der Waals surface area contributed by atoms with E-state index in [1.165, 1.54) is 0 Å². The molecule has 0 aliphatic heterocycles. The Bertz CT molecular complexity index is 470. The summed E-state index contributed by atoms with van der Waals surface area (Å²) in [5.74, 6) is 1.78. The van der Waals surface area contributed by atoms with Gasteiger partial charge in [0.1, 0.15) is 18.2 Å². The Balaban J connectivity index is 1.80. The lowest BCUT2D eigenvalue weighted by Crippen LogP contribution is -2.24. The second-order valence-corrected chi connectivity index (χ2v) is 4.03. The monoisotopic (exact) mass is 243 g/mol. The molecule has 4 nitrogen and oxygen atoms in total. The number of aromatic nitrogens is 1. The summed E-state index contributed by atoms with van der Waals surface area (Å²) in [6.45, 7) is 1.39. The largest absolute Gasteiger partial charge is 0.492 e. The molecular weight excluding hydrogens is 226 g/mol. The highest BCUT2D eigenvalue weighted by molar-refractivity contribution is 5.41. The fraction of sp³-hybridized carbons (Fsp3) is 0.214. The number of anilines is 2. The van der Waals surface area contributed by atoms with Gasteiger partial charge >= 0.3 is 0 Å². The number of benzene rings is 1. The molecule has 2 rings (SSSR count). The van der Waals surface area contributed by atoms with Gasteiger partial charge in [-0.25, -0.2) is 4.98 Å². The zero-order valence-electron chi connectivity index (χ0n) is 10.4. The van der Waals surface area contributed by atoms with Gasteiger partial charge in [0.2, 0.25) is 0 Å². The summed E-state index contributed by atoms with van der Waals surface area (Å²) in [5.41, 5.74) is 6.35. The molecule has 0 spiro atoms. The maximum absolute atomic E-state index is 5.63. The number of ether oxygens (including phenoxy) is 1. The average Bonchev–Trinajstić information content (AvgIpc) is 2.42. The Hall–Kier alpha value is -2.23. The maximum atomic E-state index is 5.63. The number of nitrogens with zero attached hydrogens (tertiary/aromatic N) is 2. The Morgan fingerprint density at radius 1 is 1.17 bits per heavy atom. The standard InChI is InChI=1S/C14H17N3O/c1-17(14-4-2-3-9-16-14)10-11-18-13-7-5-12(15)6-8-13/h2-9H,10-11,15H2,1H3. The van der Waals surface area contributed by atoms with E-state index in [-0.39, 0.29) is 0 Å². The normalized spacial score (nSPS) is 10.1. The average molecular weight is 243 g/mol. The topological polar surface area (TPSA) is 51.4 Å².